The first-order valence-corrected chi connectivity index (χ1v) is 6.37. The summed E-state index contributed by atoms with van der Waals surface area (Å²) >= 11 is 3.28. The van der Waals surface area contributed by atoms with E-state index in [2.05, 4.69) is 26.1 Å². The van der Waals surface area contributed by atoms with Gasteiger partial charge in [-0.3, -0.25) is 5.10 Å². The van der Waals surface area contributed by atoms with Crippen molar-refractivity contribution in [1.29, 1.82) is 0 Å². The number of aromatic nitrogens is 2. The van der Waals surface area contributed by atoms with E-state index >= 15 is 0 Å². The van der Waals surface area contributed by atoms with Crippen LogP contribution in [0.15, 0.2) is 16.6 Å². The standard InChI is InChI=1S/C13H13BrN2O3/c1-6-5-9(19-3)7(2)4-8(6)11-10(14)12(13(17)18)16-15-11/h4-5H,1-3H3,(H,15,16)(H,17,18). The molecule has 0 saturated carbocycles. The van der Waals surface area contributed by atoms with Gasteiger partial charge >= 0.3 is 5.97 Å². The van der Waals surface area contributed by atoms with E-state index in [0.717, 1.165) is 22.4 Å². The highest BCUT2D eigenvalue weighted by Gasteiger charge is 2.19. The van der Waals surface area contributed by atoms with Crippen molar-refractivity contribution in [2.75, 3.05) is 7.11 Å². The maximum atomic E-state index is 11.0. The Morgan fingerprint density at radius 3 is 2.58 bits per heavy atom. The number of carbonyl (C=O) groups is 1. The lowest BCUT2D eigenvalue weighted by Gasteiger charge is -2.10. The van der Waals surface area contributed by atoms with Crippen molar-refractivity contribution in [2.24, 2.45) is 0 Å². The number of nitrogens with one attached hydrogen (secondary N) is 1. The van der Waals surface area contributed by atoms with Gasteiger partial charge in [-0.15, -0.1) is 0 Å². The largest absolute Gasteiger partial charge is 0.496 e. The zero-order chi connectivity index (χ0) is 14.2. The zero-order valence-corrected chi connectivity index (χ0v) is 12.3. The number of carboxylic acids is 1. The Hall–Kier alpha value is -1.82. The van der Waals surface area contributed by atoms with Crippen molar-refractivity contribution in [3.8, 4) is 17.0 Å². The van der Waals surface area contributed by atoms with Crippen molar-refractivity contribution in [3.05, 3.63) is 33.4 Å². The number of benzene rings is 1. The molecule has 5 nitrogen and oxygen atoms in total. The number of halogens is 1. The molecule has 0 aliphatic carbocycles. The van der Waals surface area contributed by atoms with Crippen LogP contribution in [0.2, 0.25) is 0 Å². The summed E-state index contributed by atoms with van der Waals surface area (Å²) in [6.07, 6.45) is 0. The summed E-state index contributed by atoms with van der Waals surface area (Å²) in [7, 11) is 1.62. The van der Waals surface area contributed by atoms with Crippen LogP contribution >= 0.6 is 15.9 Å². The molecule has 1 heterocycles. The summed E-state index contributed by atoms with van der Waals surface area (Å²) < 4.78 is 5.71. The molecule has 0 radical (unpaired) electrons. The lowest BCUT2D eigenvalue weighted by atomic mass is 10.0. The monoisotopic (exact) mass is 324 g/mol. The van der Waals surface area contributed by atoms with E-state index in [9.17, 15) is 4.79 Å². The van der Waals surface area contributed by atoms with Crippen molar-refractivity contribution in [1.82, 2.24) is 10.2 Å². The van der Waals surface area contributed by atoms with E-state index in [1.807, 2.05) is 26.0 Å². The van der Waals surface area contributed by atoms with Gasteiger partial charge in [0.05, 0.1) is 11.6 Å². The molecule has 2 rings (SSSR count). The molecule has 0 aliphatic heterocycles. The number of carboxylic acid groups (broad SMARTS) is 1. The van der Waals surface area contributed by atoms with Gasteiger partial charge in [-0.1, -0.05) is 0 Å². The van der Waals surface area contributed by atoms with Crippen LogP contribution in [-0.2, 0) is 0 Å². The summed E-state index contributed by atoms with van der Waals surface area (Å²) in [5.74, 6) is -0.250. The number of aromatic carboxylic acids is 1. The smallest absolute Gasteiger partial charge is 0.355 e. The average molecular weight is 325 g/mol. The molecule has 1 aromatic carbocycles. The lowest BCUT2D eigenvalue weighted by molar-refractivity contribution is 0.0689. The molecule has 0 saturated heterocycles. The topological polar surface area (TPSA) is 75.2 Å². The molecule has 0 unspecified atom stereocenters. The second kappa shape index (κ2) is 5.05. The third-order valence-electron chi connectivity index (χ3n) is 2.92. The molecule has 0 fully saturated rings. The van der Waals surface area contributed by atoms with Crippen LogP contribution in [0.4, 0.5) is 0 Å². The minimum atomic E-state index is -1.05. The van der Waals surface area contributed by atoms with Gasteiger partial charge in [-0.05, 0) is 53.0 Å². The van der Waals surface area contributed by atoms with Gasteiger partial charge in [0, 0.05) is 5.56 Å². The Morgan fingerprint density at radius 1 is 1.37 bits per heavy atom. The van der Waals surface area contributed by atoms with Crippen LogP contribution in [-0.4, -0.2) is 28.4 Å². The van der Waals surface area contributed by atoms with E-state index < -0.39 is 5.97 Å². The molecule has 0 atom stereocenters. The molecule has 1 aromatic heterocycles. The van der Waals surface area contributed by atoms with Gasteiger partial charge in [-0.25, -0.2) is 4.79 Å². The molecule has 6 heteroatoms. The minimum Gasteiger partial charge on any atom is -0.496 e. The van der Waals surface area contributed by atoms with E-state index in [0.29, 0.717) is 10.2 Å². The quantitative estimate of drug-likeness (QED) is 0.909. The van der Waals surface area contributed by atoms with Gasteiger partial charge < -0.3 is 9.84 Å². The number of hydrogen-bond acceptors (Lipinski definition) is 3. The third-order valence-corrected chi connectivity index (χ3v) is 3.69. The predicted octanol–water partition coefficient (Wildman–Crippen LogP) is 3.16. The van der Waals surface area contributed by atoms with Crippen molar-refractivity contribution < 1.29 is 14.6 Å². The average Bonchev–Trinajstić information content (AvgIpc) is 2.73. The van der Waals surface area contributed by atoms with E-state index in [1.165, 1.54) is 0 Å². The molecular formula is C13H13BrN2O3. The molecule has 19 heavy (non-hydrogen) atoms. The van der Waals surface area contributed by atoms with Crippen molar-refractivity contribution in [2.45, 2.75) is 13.8 Å². The second-order valence-electron chi connectivity index (χ2n) is 4.20. The van der Waals surface area contributed by atoms with Crippen molar-refractivity contribution >= 4 is 21.9 Å². The van der Waals surface area contributed by atoms with Crippen LogP contribution in [0.1, 0.15) is 21.6 Å². The minimum absolute atomic E-state index is 0.0443. The predicted molar refractivity (Wildman–Crippen MR) is 74.7 cm³/mol. The normalized spacial score (nSPS) is 10.5. The van der Waals surface area contributed by atoms with Gasteiger partial charge in [0.1, 0.15) is 11.4 Å². The van der Waals surface area contributed by atoms with Crippen LogP contribution in [0.25, 0.3) is 11.3 Å². The Balaban J connectivity index is 2.60. The highest BCUT2D eigenvalue weighted by molar-refractivity contribution is 9.10. The fourth-order valence-corrected chi connectivity index (χ4v) is 2.47. The molecule has 0 aliphatic rings. The molecule has 100 valence electrons. The summed E-state index contributed by atoms with van der Waals surface area (Å²) in [6.45, 7) is 3.86. The first-order valence-electron chi connectivity index (χ1n) is 5.58. The first kappa shape index (κ1) is 13.6. The van der Waals surface area contributed by atoms with E-state index in [4.69, 9.17) is 9.84 Å². The molecule has 2 aromatic rings. The maximum Gasteiger partial charge on any atom is 0.355 e. The highest BCUT2D eigenvalue weighted by atomic mass is 79.9. The number of aromatic amines is 1. The molecule has 0 bridgehead atoms. The summed E-state index contributed by atoms with van der Waals surface area (Å²) in [5, 5.41) is 15.6. The van der Waals surface area contributed by atoms with Gasteiger partial charge in [-0.2, -0.15) is 5.10 Å². The summed E-state index contributed by atoms with van der Waals surface area (Å²) in [4.78, 5) is 11.0. The van der Waals surface area contributed by atoms with Crippen molar-refractivity contribution in [3.63, 3.8) is 0 Å². The molecule has 0 amide bonds. The second-order valence-corrected chi connectivity index (χ2v) is 5.00. The first-order chi connectivity index (χ1) is 8.95. The molecule has 2 N–H and O–H groups in total. The van der Waals surface area contributed by atoms with Crippen LogP contribution in [0.3, 0.4) is 0 Å². The Labute approximate surface area is 118 Å². The fraction of sp³-hybridized carbons (Fsp3) is 0.231. The van der Waals surface area contributed by atoms with Gasteiger partial charge in [0.25, 0.3) is 0 Å². The molecule has 0 spiro atoms. The maximum absolute atomic E-state index is 11.0. The SMILES string of the molecule is COc1cc(C)c(-c2n[nH]c(C(=O)O)c2Br)cc1C. The highest BCUT2D eigenvalue weighted by Crippen LogP contribution is 2.34. The van der Waals surface area contributed by atoms with Crippen LogP contribution in [0.5, 0.6) is 5.75 Å². The number of methoxy groups -OCH3 is 1. The zero-order valence-electron chi connectivity index (χ0n) is 10.7. The number of aryl methyl sites for hydroxylation is 2. The number of ether oxygens (including phenoxy) is 1. The number of hydrogen-bond donors (Lipinski definition) is 2. The lowest BCUT2D eigenvalue weighted by Crippen LogP contribution is -1.97. The fourth-order valence-electron chi connectivity index (χ4n) is 1.91. The number of nitrogens with zero attached hydrogens (tertiary/aromatic N) is 1. The van der Waals surface area contributed by atoms with E-state index in [1.54, 1.807) is 7.11 Å². The van der Waals surface area contributed by atoms with Crippen LogP contribution < -0.4 is 4.74 Å². The Morgan fingerprint density at radius 2 is 2.05 bits per heavy atom. The van der Waals surface area contributed by atoms with Crippen LogP contribution in [0, 0.1) is 13.8 Å². The third kappa shape index (κ3) is 2.35. The van der Waals surface area contributed by atoms with Gasteiger partial charge in [0.15, 0.2) is 5.69 Å². The number of rotatable bonds is 3. The Kier molecular flexibility index (Phi) is 3.61. The summed E-state index contributed by atoms with van der Waals surface area (Å²) in [6, 6.07) is 3.84. The summed E-state index contributed by atoms with van der Waals surface area (Å²) in [5.41, 5.74) is 3.43. The van der Waals surface area contributed by atoms with Gasteiger partial charge in [0.2, 0.25) is 0 Å². The Bertz CT molecular complexity index is 650. The number of H-pyrrole nitrogens is 1. The molecular weight excluding hydrogens is 312 g/mol. The van der Waals surface area contributed by atoms with E-state index in [-0.39, 0.29) is 5.69 Å².